The summed E-state index contributed by atoms with van der Waals surface area (Å²) in [6, 6.07) is 2.06. The van der Waals surface area contributed by atoms with E-state index in [1.165, 1.54) is 5.57 Å². The number of nitriles is 1. The molecule has 1 aliphatic heterocycles. The van der Waals surface area contributed by atoms with E-state index in [0.717, 1.165) is 18.7 Å². The number of rotatable bonds is 4. The maximum absolute atomic E-state index is 11.9. The van der Waals surface area contributed by atoms with Crippen molar-refractivity contribution in [2.24, 2.45) is 0 Å². The van der Waals surface area contributed by atoms with Gasteiger partial charge >= 0.3 is 0 Å². The number of amides is 1. The Morgan fingerprint density at radius 3 is 2.67 bits per heavy atom. The van der Waals surface area contributed by atoms with Crippen LogP contribution < -0.4 is 5.32 Å². The first-order chi connectivity index (χ1) is 7.20. The van der Waals surface area contributed by atoms with Gasteiger partial charge in [0.05, 0.1) is 12.5 Å². The summed E-state index contributed by atoms with van der Waals surface area (Å²) in [4.78, 5) is 13.7. The van der Waals surface area contributed by atoms with Crippen LogP contribution in [0.2, 0.25) is 0 Å². The van der Waals surface area contributed by atoms with Crippen molar-refractivity contribution in [3.05, 3.63) is 11.1 Å². The largest absolute Gasteiger partial charge is 0.338 e. The van der Waals surface area contributed by atoms with Gasteiger partial charge in [0, 0.05) is 31.8 Å². The fourth-order valence-corrected chi connectivity index (χ4v) is 1.49. The molecule has 1 heterocycles. The summed E-state index contributed by atoms with van der Waals surface area (Å²) in [5.74, 6) is 0.0734. The van der Waals surface area contributed by atoms with E-state index in [-0.39, 0.29) is 5.91 Å². The number of nitrogens with zero attached hydrogens (tertiary/aromatic N) is 2. The zero-order chi connectivity index (χ0) is 11.3. The Labute approximate surface area is 90.6 Å². The molecular formula is C11H17N3O. The molecule has 1 N–H and O–H groups in total. The Kier molecular flexibility index (Phi) is 4.32. The Balaban J connectivity index is 2.60. The molecule has 0 unspecified atom stereocenters. The van der Waals surface area contributed by atoms with E-state index in [1.807, 2.05) is 13.8 Å². The molecular weight excluding hydrogens is 190 g/mol. The van der Waals surface area contributed by atoms with E-state index in [2.05, 4.69) is 11.4 Å². The molecule has 0 atom stereocenters. The molecule has 0 saturated carbocycles. The molecule has 0 bridgehead atoms. The lowest BCUT2D eigenvalue weighted by atomic mass is 10.0. The molecule has 82 valence electrons. The number of hydrogen-bond donors (Lipinski definition) is 1. The van der Waals surface area contributed by atoms with Gasteiger partial charge in [0.1, 0.15) is 0 Å². The molecule has 0 aromatic heterocycles. The van der Waals surface area contributed by atoms with E-state index >= 15 is 0 Å². The summed E-state index contributed by atoms with van der Waals surface area (Å²) in [5, 5.41) is 11.6. The van der Waals surface area contributed by atoms with Crippen molar-refractivity contribution in [2.45, 2.75) is 20.3 Å². The van der Waals surface area contributed by atoms with Gasteiger partial charge in [0.25, 0.3) is 0 Å². The van der Waals surface area contributed by atoms with Crippen molar-refractivity contribution in [1.82, 2.24) is 10.2 Å². The fraction of sp³-hybridized carbons (Fsp3) is 0.636. The highest BCUT2D eigenvalue weighted by molar-refractivity contribution is 5.94. The molecule has 0 aromatic carbocycles. The van der Waals surface area contributed by atoms with Crippen LogP contribution in [0.5, 0.6) is 0 Å². The van der Waals surface area contributed by atoms with Gasteiger partial charge in [-0.15, -0.1) is 0 Å². The first-order valence-electron chi connectivity index (χ1n) is 5.26. The van der Waals surface area contributed by atoms with Crippen molar-refractivity contribution in [3.8, 4) is 6.07 Å². The molecule has 0 aromatic rings. The Morgan fingerprint density at radius 1 is 1.60 bits per heavy atom. The van der Waals surface area contributed by atoms with Crippen LogP contribution in [-0.4, -0.2) is 37.0 Å². The molecule has 1 aliphatic rings. The summed E-state index contributed by atoms with van der Waals surface area (Å²) in [7, 11) is 0. The van der Waals surface area contributed by atoms with Crippen LogP contribution in [0.4, 0.5) is 0 Å². The highest BCUT2D eigenvalue weighted by atomic mass is 16.2. The summed E-state index contributed by atoms with van der Waals surface area (Å²) in [6.07, 6.45) is 0.403. The summed E-state index contributed by atoms with van der Waals surface area (Å²) in [6.45, 7) is 6.66. The van der Waals surface area contributed by atoms with E-state index in [9.17, 15) is 4.79 Å². The quantitative estimate of drug-likeness (QED) is 0.689. The van der Waals surface area contributed by atoms with Crippen molar-refractivity contribution < 1.29 is 4.79 Å². The minimum absolute atomic E-state index is 0.0734. The SMILES string of the molecule is CCN(CCC#N)C(=O)C(C)=C1CNC1. The summed E-state index contributed by atoms with van der Waals surface area (Å²) in [5.41, 5.74) is 2.03. The first kappa shape index (κ1) is 11.7. The molecule has 4 nitrogen and oxygen atoms in total. The maximum Gasteiger partial charge on any atom is 0.249 e. The van der Waals surface area contributed by atoms with Crippen LogP contribution in [0, 0.1) is 11.3 Å². The van der Waals surface area contributed by atoms with Crippen LogP contribution >= 0.6 is 0 Å². The molecule has 1 rings (SSSR count). The molecule has 1 amide bonds. The predicted molar refractivity (Wildman–Crippen MR) is 58.1 cm³/mol. The summed E-state index contributed by atoms with van der Waals surface area (Å²) < 4.78 is 0. The lowest BCUT2D eigenvalue weighted by Crippen LogP contribution is -2.39. The van der Waals surface area contributed by atoms with Gasteiger partial charge in [0.2, 0.25) is 5.91 Å². The second-order valence-electron chi connectivity index (χ2n) is 3.63. The van der Waals surface area contributed by atoms with Gasteiger partial charge < -0.3 is 10.2 Å². The number of likely N-dealkylation sites (N-methyl/N-ethyl adjacent to an activating group) is 1. The van der Waals surface area contributed by atoms with Crippen LogP contribution in [-0.2, 0) is 4.79 Å². The summed E-state index contributed by atoms with van der Waals surface area (Å²) >= 11 is 0. The normalized spacial score (nSPS) is 14.1. The minimum Gasteiger partial charge on any atom is -0.338 e. The van der Waals surface area contributed by atoms with Crippen LogP contribution in [0.25, 0.3) is 0 Å². The topological polar surface area (TPSA) is 56.1 Å². The second kappa shape index (κ2) is 5.52. The maximum atomic E-state index is 11.9. The van der Waals surface area contributed by atoms with Gasteiger partial charge in [0.15, 0.2) is 0 Å². The van der Waals surface area contributed by atoms with E-state index in [0.29, 0.717) is 19.5 Å². The van der Waals surface area contributed by atoms with Gasteiger partial charge in [-0.1, -0.05) is 0 Å². The van der Waals surface area contributed by atoms with Crippen molar-refractivity contribution in [1.29, 1.82) is 5.26 Å². The average Bonchev–Trinajstić information content (AvgIpc) is 2.16. The van der Waals surface area contributed by atoms with Crippen molar-refractivity contribution >= 4 is 5.91 Å². The predicted octanol–water partition coefficient (Wildman–Crippen LogP) is 0.668. The monoisotopic (exact) mass is 207 g/mol. The van der Waals surface area contributed by atoms with Crippen LogP contribution in [0.15, 0.2) is 11.1 Å². The smallest absolute Gasteiger partial charge is 0.249 e. The molecule has 0 radical (unpaired) electrons. The van der Waals surface area contributed by atoms with Crippen LogP contribution in [0.1, 0.15) is 20.3 Å². The molecule has 1 saturated heterocycles. The third-order valence-electron chi connectivity index (χ3n) is 2.69. The first-order valence-corrected chi connectivity index (χ1v) is 5.26. The molecule has 0 spiro atoms. The van der Waals surface area contributed by atoms with E-state index < -0.39 is 0 Å². The van der Waals surface area contributed by atoms with Crippen LogP contribution in [0.3, 0.4) is 0 Å². The van der Waals surface area contributed by atoms with Crippen molar-refractivity contribution in [3.63, 3.8) is 0 Å². The van der Waals surface area contributed by atoms with Gasteiger partial charge in [-0.2, -0.15) is 5.26 Å². The Bertz CT molecular complexity index is 308. The number of hydrogen-bond acceptors (Lipinski definition) is 3. The minimum atomic E-state index is 0.0734. The number of carbonyl (C=O) groups is 1. The lowest BCUT2D eigenvalue weighted by molar-refractivity contribution is -0.126. The third-order valence-corrected chi connectivity index (χ3v) is 2.69. The Hall–Kier alpha value is -1.34. The average molecular weight is 207 g/mol. The third kappa shape index (κ3) is 2.80. The van der Waals surface area contributed by atoms with Crippen molar-refractivity contribution in [2.75, 3.05) is 26.2 Å². The van der Waals surface area contributed by atoms with Gasteiger partial charge in [-0.05, 0) is 19.4 Å². The number of carbonyl (C=O) groups excluding carboxylic acids is 1. The molecule has 1 fully saturated rings. The standard InChI is InChI=1S/C11H17N3O/c1-3-14(6-4-5-12)11(15)9(2)10-7-13-8-10/h13H,3-4,6-8H2,1-2H3. The van der Waals surface area contributed by atoms with E-state index in [1.54, 1.807) is 4.90 Å². The van der Waals surface area contributed by atoms with Gasteiger partial charge in [-0.3, -0.25) is 4.79 Å². The zero-order valence-corrected chi connectivity index (χ0v) is 9.34. The lowest BCUT2D eigenvalue weighted by Gasteiger charge is -2.25. The van der Waals surface area contributed by atoms with Gasteiger partial charge in [-0.25, -0.2) is 0 Å². The zero-order valence-electron chi connectivity index (χ0n) is 9.34. The molecule has 15 heavy (non-hydrogen) atoms. The molecule has 4 heteroatoms. The number of nitrogens with one attached hydrogen (secondary N) is 1. The molecule has 0 aliphatic carbocycles. The Morgan fingerprint density at radius 2 is 2.27 bits per heavy atom. The fourth-order valence-electron chi connectivity index (χ4n) is 1.49. The highest BCUT2D eigenvalue weighted by Crippen LogP contribution is 2.11. The highest BCUT2D eigenvalue weighted by Gasteiger charge is 2.19. The van der Waals surface area contributed by atoms with E-state index in [4.69, 9.17) is 5.26 Å². The second-order valence-corrected chi connectivity index (χ2v) is 3.63.